The summed E-state index contributed by atoms with van der Waals surface area (Å²) >= 11 is 6.04. The molecule has 1 aromatic heterocycles. The maximum atomic E-state index is 6.04. The van der Waals surface area contributed by atoms with E-state index in [2.05, 4.69) is 24.1 Å². The van der Waals surface area contributed by atoms with E-state index in [1.165, 1.54) is 0 Å². The fourth-order valence-corrected chi connectivity index (χ4v) is 1.28. The molecular weight excluding hydrogens is 224 g/mol. The van der Waals surface area contributed by atoms with E-state index in [1.807, 2.05) is 12.1 Å². The Balaban J connectivity index is 2.56. The van der Waals surface area contributed by atoms with E-state index in [0.717, 1.165) is 24.4 Å². The summed E-state index contributed by atoms with van der Waals surface area (Å²) in [6, 6.07) is 3.79. The Morgan fingerprint density at radius 2 is 2.31 bits per heavy atom. The molecule has 1 atom stereocenters. The predicted molar refractivity (Wildman–Crippen MR) is 68.4 cm³/mol. The number of pyridine rings is 1. The summed E-state index contributed by atoms with van der Waals surface area (Å²) in [5.41, 5.74) is 0. The van der Waals surface area contributed by atoms with E-state index in [4.69, 9.17) is 16.3 Å². The van der Waals surface area contributed by atoms with E-state index in [0.29, 0.717) is 13.2 Å². The summed E-state index contributed by atoms with van der Waals surface area (Å²) in [6.07, 6.45) is 3.67. The normalized spacial score (nSPS) is 12.2. The molecule has 0 amide bonds. The number of hydrogen-bond donors (Lipinski definition) is 1. The van der Waals surface area contributed by atoms with Gasteiger partial charge in [0, 0.05) is 12.7 Å². The molecule has 0 saturated carbocycles. The van der Waals surface area contributed by atoms with Gasteiger partial charge in [-0.15, -0.1) is 11.6 Å². The van der Waals surface area contributed by atoms with Gasteiger partial charge in [0.2, 0.25) is 0 Å². The first kappa shape index (κ1) is 13.1. The highest BCUT2D eigenvalue weighted by atomic mass is 35.5. The first-order chi connectivity index (χ1) is 7.77. The molecule has 0 aromatic carbocycles. The highest BCUT2D eigenvalue weighted by Gasteiger charge is 2.06. The number of nitrogens with one attached hydrogen (secondary N) is 1. The molecule has 0 spiro atoms. The molecule has 1 N–H and O–H groups in total. The van der Waals surface area contributed by atoms with Crippen LogP contribution < -0.4 is 10.1 Å². The summed E-state index contributed by atoms with van der Waals surface area (Å²) in [4.78, 5) is 4.24. The Bertz CT molecular complexity index is 307. The largest absolute Gasteiger partial charge is 0.490 e. The molecule has 1 rings (SSSR count). The number of ether oxygens (including phenoxy) is 1. The molecule has 1 heterocycles. The third-order valence-electron chi connectivity index (χ3n) is 2.17. The van der Waals surface area contributed by atoms with Crippen molar-refractivity contribution < 1.29 is 4.74 Å². The first-order valence-corrected chi connectivity index (χ1v) is 6.17. The van der Waals surface area contributed by atoms with Gasteiger partial charge in [-0.1, -0.05) is 13.8 Å². The average molecular weight is 243 g/mol. The van der Waals surface area contributed by atoms with Crippen LogP contribution >= 0.6 is 11.6 Å². The molecule has 0 radical (unpaired) electrons. The van der Waals surface area contributed by atoms with Crippen molar-refractivity contribution in [2.75, 3.05) is 18.5 Å². The van der Waals surface area contributed by atoms with Gasteiger partial charge in [-0.2, -0.15) is 0 Å². The zero-order valence-electron chi connectivity index (χ0n) is 9.87. The van der Waals surface area contributed by atoms with Crippen molar-refractivity contribution in [2.45, 2.75) is 32.1 Å². The van der Waals surface area contributed by atoms with Crippen molar-refractivity contribution >= 4 is 17.4 Å². The van der Waals surface area contributed by atoms with Crippen LogP contribution in [0.4, 0.5) is 5.82 Å². The second-order valence-corrected chi connectivity index (χ2v) is 4.20. The number of halogens is 1. The number of hydrogen-bond acceptors (Lipinski definition) is 3. The lowest BCUT2D eigenvalue weighted by Crippen LogP contribution is -2.14. The zero-order chi connectivity index (χ0) is 11.8. The van der Waals surface area contributed by atoms with Gasteiger partial charge in [0.15, 0.2) is 11.6 Å². The minimum absolute atomic E-state index is 0.126. The van der Waals surface area contributed by atoms with Crippen LogP contribution in [0.25, 0.3) is 0 Å². The van der Waals surface area contributed by atoms with Gasteiger partial charge in [0.1, 0.15) is 0 Å². The number of anilines is 1. The monoisotopic (exact) mass is 242 g/mol. The van der Waals surface area contributed by atoms with Gasteiger partial charge in [-0.25, -0.2) is 4.98 Å². The fourth-order valence-electron chi connectivity index (χ4n) is 1.20. The molecule has 0 aliphatic carbocycles. The standard InChI is InChI=1S/C12H19ClN2O/c1-3-8-16-11-6-5-7-14-12(11)15-9-10(13)4-2/h5-7,10H,3-4,8-9H2,1-2H3,(H,14,15). The molecule has 1 aromatic rings. The molecule has 0 aliphatic heterocycles. The van der Waals surface area contributed by atoms with Crippen molar-refractivity contribution in [3.63, 3.8) is 0 Å². The lowest BCUT2D eigenvalue weighted by molar-refractivity contribution is 0.318. The van der Waals surface area contributed by atoms with Gasteiger partial charge in [0.25, 0.3) is 0 Å². The van der Waals surface area contributed by atoms with E-state index in [-0.39, 0.29) is 5.38 Å². The molecule has 0 fully saturated rings. The highest BCUT2D eigenvalue weighted by molar-refractivity contribution is 6.20. The van der Waals surface area contributed by atoms with Crippen molar-refractivity contribution in [3.8, 4) is 5.75 Å². The minimum Gasteiger partial charge on any atom is -0.490 e. The Labute approximate surface area is 102 Å². The molecule has 90 valence electrons. The Morgan fingerprint density at radius 3 is 3.00 bits per heavy atom. The molecular formula is C12H19ClN2O. The van der Waals surface area contributed by atoms with Gasteiger partial charge in [0.05, 0.1) is 12.0 Å². The molecule has 0 bridgehead atoms. The number of nitrogens with zero attached hydrogens (tertiary/aromatic N) is 1. The second kappa shape index (κ2) is 7.34. The van der Waals surface area contributed by atoms with Gasteiger partial charge >= 0.3 is 0 Å². The third kappa shape index (κ3) is 4.27. The number of alkyl halides is 1. The Kier molecular flexibility index (Phi) is 6.01. The Morgan fingerprint density at radius 1 is 1.50 bits per heavy atom. The van der Waals surface area contributed by atoms with Crippen LogP contribution in [0.1, 0.15) is 26.7 Å². The maximum Gasteiger partial charge on any atom is 0.168 e. The van der Waals surface area contributed by atoms with Crippen LogP contribution in [-0.2, 0) is 0 Å². The van der Waals surface area contributed by atoms with Crippen LogP contribution in [0.2, 0.25) is 0 Å². The first-order valence-electron chi connectivity index (χ1n) is 5.73. The predicted octanol–water partition coefficient (Wildman–Crippen LogP) is 3.30. The SMILES string of the molecule is CCCOc1cccnc1NCC(Cl)CC. The van der Waals surface area contributed by atoms with E-state index in [9.17, 15) is 0 Å². The van der Waals surface area contributed by atoms with Gasteiger partial charge < -0.3 is 10.1 Å². The second-order valence-electron chi connectivity index (χ2n) is 3.59. The molecule has 3 nitrogen and oxygen atoms in total. The average Bonchev–Trinajstić information content (AvgIpc) is 2.34. The summed E-state index contributed by atoms with van der Waals surface area (Å²) in [5, 5.41) is 3.33. The smallest absolute Gasteiger partial charge is 0.168 e. The van der Waals surface area contributed by atoms with Crippen LogP contribution in [0.5, 0.6) is 5.75 Å². The van der Waals surface area contributed by atoms with Crippen molar-refractivity contribution in [1.29, 1.82) is 0 Å². The van der Waals surface area contributed by atoms with Crippen LogP contribution in [0.3, 0.4) is 0 Å². The molecule has 1 unspecified atom stereocenters. The number of aromatic nitrogens is 1. The van der Waals surface area contributed by atoms with Gasteiger partial charge in [-0.05, 0) is 25.0 Å². The van der Waals surface area contributed by atoms with Crippen LogP contribution in [-0.4, -0.2) is 23.5 Å². The fraction of sp³-hybridized carbons (Fsp3) is 0.583. The zero-order valence-corrected chi connectivity index (χ0v) is 10.6. The maximum absolute atomic E-state index is 6.04. The molecule has 0 saturated heterocycles. The highest BCUT2D eigenvalue weighted by Crippen LogP contribution is 2.21. The van der Waals surface area contributed by atoms with Crippen molar-refractivity contribution in [1.82, 2.24) is 4.98 Å². The summed E-state index contributed by atoms with van der Waals surface area (Å²) in [7, 11) is 0. The lowest BCUT2D eigenvalue weighted by Gasteiger charge is -2.13. The van der Waals surface area contributed by atoms with E-state index in [1.54, 1.807) is 6.20 Å². The summed E-state index contributed by atoms with van der Waals surface area (Å²) < 4.78 is 5.58. The topological polar surface area (TPSA) is 34.1 Å². The van der Waals surface area contributed by atoms with Gasteiger partial charge in [-0.3, -0.25) is 0 Å². The van der Waals surface area contributed by atoms with Crippen molar-refractivity contribution in [3.05, 3.63) is 18.3 Å². The lowest BCUT2D eigenvalue weighted by atomic mass is 10.3. The minimum atomic E-state index is 0.126. The molecule has 4 heteroatoms. The van der Waals surface area contributed by atoms with E-state index >= 15 is 0 Å². The number of rotatable bonds is 7. The summed E-state index contributed by atoms with van der Waals surface area (Å²) in [6.45, 7) is 5.55. The quantitative estimate of drug-likeness (QED) is 0.745. The van der Waals surface area contributed by atoms with E-state index < -0.39 is 0 Å². The summed E-state index contributed by atoms with van der Waals surface area (Å²) in [5.74, 6) is 1.57. The third-order valence-corrected chi connectivity index (χ3v) is 2.63. The molecule has 16 heavy (non-hydrogen) atoms. The van der Waals surface area contributed by atoms with Crippen LogP contribution in [0, 0.1) is 0 Å². The Hall–Kier alpha value is -0.960. The van der Waals surface area contributed by atoms with Crippen molar-refractivity contribution in [2.24, 2.45) is 0 Å². The van der Waals surface area contributed by atoms with Crippen LogP contribution in [0.15, 0.2) is 18.3 Å². The molecule has 0 aliphatic rings.